The van der Waals surface area contributed by atoms with Crippen LogP contribution < -0.4 is 5.32 Å². The largest absolute Gasteiger partial charge is 0.376 e. The Bertz CT molecular complexity index is 579. The maximum absolute atomic E-state index is 10.8. The van der Waals surface area contributed by atoms with Crippen molar-refractivity contribution < 1.29 is 9.45 Å². The average molecular weight is 248 g/mol. The molecule has 0 fully saturated rings. The Hall–Kier alpha value is -2.44. The number of nitrogens with one attached hydrogen (secondary N) is 1. The molecule has 94 valence electrons. The van der Waals surface area contributed by atoms with Crippen LogP contribution in [-0.4, -0.2) is 15.1 Å². The van der Waals surface area contributed by atoms with Gasteiger partial charge in [0.25, 0.3) is 5.69 Å². The Morgan fingerprint density at radius 1 is 1.44 bits per heavy atom. The van der Waals surface area contributed by atoms with Crippen LogP contribution in [0.4, 0.5) is 11.4 Å². The second-order valence-corrected chi connectivity index (χ2v) is 3.80. The van der Waals surface area contributed by atoms with E-state index < -0.39 is 4.92 Å². The van der Waals surface area contributed by atoms with Crippen LogP contribution >= 0.6 is 0 Å². The molecule has 18 heavy (non-hydrogen) atoms. The molecular weight excluding hydrogens is 236 g/mol. The van der Waals surface area contributed by atoms with Crippen LogP contribution in [0.3, 0.4) is 0 Å². The Morgan fingerprint density at radius 2 is 2.22 bits per heavy atom. The van der Waals surface area contributed by atoms with Gasteiger partial charge in [0, 0.05) is 17.3 Å². The molecule has 1 aromatic heterocycles. The van der Waals surface area contributed by atoms with E-state index in [1.807, 2.05) is 0 Å². The lowest BCUT2D eigenvalue weighted by Gasteiger charge is -2.07. The minimum absolute atomic E-state index is 0.0849. The van der Waals surface area contributed by atoms with Gasteiger partial charge in [0.15, 0.2) is 5.82 Å². The third kappa shape index (κ3) is 2.45. The van der Waals surface area contributed by atoms with Crippen LogP contribution in [-0.2, 0) is 6.54 Å². The molecule has 0 aliphatic heterocycles. The van der Waals surface area contributed by atoms with E-state index in [2.05, 4.69) is 15.5 Å². The van der Waals surface area contributed by atoms with Gasteiger partial charge in [-0.25, -0.2) is 0 Å². The van der Waals surface area contributed by atoms with Gasteiger partial charge in [-0.15, -0.1) is 0 Å². The number of anilines is 1. The van der Waals surface area contributed by atoms with Crippen molar-refractivity contribution in [2.75, 3.05) is 5.32 Å². The fraction of sp³-hybridized carbons (Fsp3) is 0.273. The second kappa shape index (κ2) is 4.82. The van der Waals surface area contributed by atoms with Gasteiger partial charge in [0.05, 0.1) is 11.5 Å². The maximum atomic E-state index is 10.8. The average Bonchev–Trinajstić information content (AvgIpc) is 2.73. The third-order valence-corrected chi connectivity index (χ3v) is 2.50. The molecule has 1 N–H and O–H groups in total. The van der Waals surface area contributed by atoms with E-state index in [0.717, 1.165) is 0 Å². The number of hydrogen-bond acceptors (Lipinski definition) is 6. The number of aromatic nitrogens is 2. The molecule has 1 aromatic carbocycles. The molecule has 7 nitrogen and oxygen atoms in total. The Labute approximate surface area is 103 Å². The summed E-state index contributed by atoms with van der Waals surface area (Å²) < 4.78 is 4.95. The molecule has 2 rings (SSSR count). The lowest BCUT2D eigenvalue weighted by Crippen LogP contribution is -2.03. The molecule has 0 unspecified atom stereocenters. The van der Waals surface area contributed by atoms with Gasteiger partial charge in [-0.1, -0.05) is 11.2 Å². The van der Waals surface area contributed by atoms with Crippen LogP contribution in [0.2, 0.25) is 0 Å². The van der Waals surface area contributed by atoms with E-state index in [1.165, 1.54) is 6.07 Å². The second-order valence-electron chi connectivity index (χ2n) is 3.80. The van der Waals surface area contributed by atoms with E-state index >= 15 is 0 Å². The van der Waals surface area contributed by atoms with E-state index in [9.17, 15) is 10.1 Å². The highest BCUT2D eigenvalue weighted by atomic mass is 16.6. The van der Waals surface area contributed by atoms with Crippen LogP contribution in [0.15, 0.2) is 22.7 Å². The van der Waals surface area contributed by atoms with Crippen molar-refractivity contribution in [2.45, 2.75) is 20.4 Å². The SMILES string of the molecule is Cc1noc(CNc2cccc([N+](=O)[O-])c2C)n1. The van der Waals surface area contributed by atoms with Crippen LogP contribution in [0.1, 0.15) is 17.3 Å². The summed E-state index contributed by atoms with van der Waals surface area (Å²) in [7, 11) is 0. The molecule has 0 saturated heterocycles. The number of hydrogen-bond donors (Lipinski definition) is 1. The van der Waals surface area contributed by atoms with Crippen LogP contribution in [0.5, 0.6) is 0 Å². The van der Waals surface area contributed by atoms with E-state index in [4.69, 9.17) is 4.52 Å². The zero-order valence-electron chi connectivity index (χ0n) is 10.0. The molecule has 0 aliphatic rings. The van der Waals surface area contributed by atoms with Gasteiger partial charge >= 0.3 is 0 Å². The monoisotopic (exact) mass is 248 g/mol. The van der Waals surface area contributed by atoms with Gasteiger partial charge < -0.3 is 9.84 Å². The molecule has 0 aliphatic carbocycles. The molecule has 0 saturated carbocycles. The van der Waals surface area contributed by atoms with Crippen molar-refractivity contribution in [2.24, 2.45) is 0 Å². The summed E-state index contributed by atoms with van der Waals surface area (Å²) >= 11 is 0. The predicted octanol–water partition coefficient (Wildman–Crippen LogP) is 2.21. The highest BCUT2D eigenvalue weighted by molar-refractivity contribution is 5.59. The molecule has 0 spiro atoms. The lowest BCUT2D eigenvalue weighted by atomic mass is 10.1. The first-order valence-electron chi connectivity index (χ1n) is 5.35. The molecular formula is C11H12N4O3. The summed E-state index contributed by atoms with van der Waals surface area (Å²) in [6, 6.07) is 4.87. The number of nitro groups is 1. The van der Waals surface area contributed by atoms with Crippen molar-refractivity contribution >= 4 is 11.4 Å². The van der Waals surface area contributed by atoms with Crippen LogP contribution in [0.25, 0.3) is 0 Å². The summed E-state index contributed by atoms with van der Waals surface area (Å²) in [5.41, 5.74) is 1.35. The quantitative estimate of drug-likeness (QED) is 0.658. The molecule has 7 heteroatoms. The van der Waals surface area contributed by atoms with Gasteiger partial charge in [-0.2, -0.15) is 4.98 Å². The van der Waals surface area contributed by atoms with Crippen molar-refractivity contribution in [1.29, 1.82) is 0 Å². The summed E-state index contributed by atoms with van der Waals surface area (Å²) in [6.45, 7) is 3.76. The van der Waals surface area contributed by atoms with Gasteiger partial charge in [0.1, 0.15) is 0 Å². The summed E-state index contributed by atoms with van der Waals surface area (Å²) in [5, 5.41) is 17.5. The first kappa shape index (κ1) is 12.0. The van der Waals surface area contributed by atoms with Crippen molar-refractivity contribution in [3.8, 4) is 0 Å². The van der Waals surface area contributed by atoms with E-state index in [1.54, 1.807) is 26.0 Å². The smallest absolute Gasteiger partial charge is 0.274 e. The lowest BCUT2D eigenvalue weighted by molar-refractivity contribution is -0.385. The van der Waals surface area contributed by atoms with Crippen LogP contribution in [0, 0.1) is 24.0 Å². The maximum Gasteiger partial charge on any atom is 0.274 e. The molecule has 1 heterocycles. The normalized spacial score (nSPS) is 10.3. The van der Waals surface area contributed by atoms with Gasteiger partial charge in [-0.05, 0) is 19.9 Å². The number of benzene rings is 1. The Morgan fingerprint density at radius 3 is 2.83 bits per heavy atom. The zero-order valence-corrected chi connectivity index (χ0v) is 10.0. The fourth-order valence-corrected chi connectivity index (χ4v) is 1.60. The van der Waals surface area contributed by atoms with Gasteiger partial charge in [0.2, 0.25) is 5.89 Å². The highest BCUT2D eigenvalue weighted by Gasteiger charge is 2.13. The van der Waals surface area contributed by atoms with E-state index in [-0.39, 0.29) is 5.69 Å². The summed E-state index contributed by atoms with van der Waals surface area (Å²) in [4.78, 5) is 14.4. The van der Waals surface area contributed by atoms with Crippen molar-refractivity contribution in [3.63, 3.8) is 0 Å². The minimum Gasteiger partial charge on any atom is -0.376 e. The molecule has 2 aromatic rings. The summed E-state index contributed by atoms with van der Waals surface area (Å²) in [6.07, 6.45) is 0. The number of aryl methyl sites for hydroxylation is 1. The third-order valence-electron chi connectivity index (χ3n) is 2.50. The Balaban J connectivity index is 2.14. The first-order valence-corrected chi connectivity index (χ1v) is 5.35. The molecule has 0 bridgehead atoms. The minimum atomic E-state index is -0.405. The number of nitro benzene ring substituents is 1. The zero-order chi connectivity index (χ0) is 13.1. The number of nitrogens with zero attached hydrogens (tertiary/aromatic N) is 3. The molecule has 0 atom stereocenters. The van der Waals surface area contributed by atoms with Crippen molar-refractivity contribution in [3.05, 3.63) is 45.6 Å². The Kier molecular flexibility index (Phi) is 3.22. The fourth-order valence-electron chi connectivity index (χ4n) is 1.60. The van der Waals surface area contributed by atoms with Gasteiger partial charge in [-0.3, -0.25) is 10.1 Å². The van der Waals surface area contributed by atoms with Crippen molar-refractivity contribution in [1.82, 2.24) is 10.1 Å². The topological polar surface area (TPSA) is 94.1 Å². The van der Waals surface area contributed by atoms with E-state index in [0.29, 0.717) is 29.5 Å². The summed E-state index contributed by atoms with van der Waals surface area (Å²) in [5.74, 6) is 1.00. The number of rotatable bonds is 4. The first-order chi connectivity index (χ1) is 8.58. The standard InChI is InChI=1S/C11H12N4O3/c1-7-9(4-3-5-10(7)15(16)17)12-6-11-13-8(2)14-18-11/h3-5,12H,6H2,1-2H3. The molecule has 0 amide bonds. The highest BCUT2D eigenvalue weighted by Crippen LogP contribution is 2.25. The predicted molar refractivity (Wildman–Crippen MR) is 64.2 cm³/mol. The molecule has 0 radical (unpaired) electrons.